The Morgan fingerprint density at radius 2 is 2.09 bits per heavy atom. The van der Waals surface area contributed by atoms with Crippen LogP contribution in [0.25, 0.3) is 0 Å². The number of aldehydes is 1. The normalized spacial score (nSPS) is 19.7. The van der Waals surface area contributed by atoms with E-state index in [-0.39, 0.29) is 18.6 Å². The third-order valence-electron chi connectivity index (χ3n) is 3.60. The summed E-state index contributed by atoms with van der Waals surface area (Å²) in [5.74, 6) is -0.890. The molecule has 0 saturated carbocycles. The van der Waals surface area contributed by atoms with E-state index < -0.39 is 12.0 Å². The van der Waals surface area contributed by atoms with Gasteiger partial charge in [0.15, 0.2) is 0 Å². The number of rotatable bonds is 5. The first-order chi connectivity index (χ1) is 10.5. The summed E-state index contributed by atoms with van der Waals surface area (Å²) in [6, 6.07) is 9.33. The number of allylic oxidation sites excluding steroid dienone is 1. The first kappa shape index (κ1) is 15.9. The van der Waals surface area contributed by atoms with E-state index in [9.17, 15) is 14.4 Å². The molecule has 0 radical (unpaired) electrons. The summed E-state index contributed by atoms with van der Waals surface area (Å²) in [6.45, 7) is 3.49. The minimum atomic E-state index is -0.616. The molecule has 1 fully saturated rings. The number of carbonyl (C=O) groups is 3. The van der Waals surface area contributed by atoms with Crippen molar-refractivity contribution in [1.82, 2.24) is 4.90 Å². The maximum absolute atomic E-state index is 12.5. The van der Waals surface area contributed by atoms with Gasteiger partial charge in [-0.3, -0.25) is 9.59 Å². The monoisotopic (exact) mass is 301 g/mol. The second-order valence-electron chi connectivity index (χ2n) is 5.45. The molecule has 1 heterocycles. The van der Waals surface area contributed by atoms with Crippen LogP contribution in [0.1, 0.15) is 19.4 Å². The lowest BCUT2D eigenvalue weighted by Crippen LogP contribution is -2.42. The van der Waals surface area contributed by atoms with Gasteiger partial charge in [0, 0.05) is 0 Å². The van der Waals surface area contributed by atoms with Crippen LogP contribution >= 0.6 is 0 Å². The van der Waals surface area contributed by atoms with Gasteiger partial charge in [0.2, 0.25) is 5.91 Å². The molecule has 0 unspecified atom stereocenters. The van der Waals surface area contributed by atoms with Gasteiger partial charge >= 0.3 is 6.09 Å². The average Bonchev–Trinajstić information content (AvgIpc) is 2.88. The summed E-state index contributed by atoms with van der Waals surface area (Å²) in [5, 5.41) is 0. The molecule has 1 saturated heterocycles. The van der Waals surface area contributed by atoms with Crippen LogP contribution in [0, 0.1) is 5.92 Å². The van der Waals surface area contributed by atoms with E-state index in [0.717, 1.165) is 5.56 Å². The van der Waals surface area contributed by atoms with Crippen molar-refractivity contribution < 1.29 is 19.1 Å². The Hall–Kier alpha value is -2.43. The second-order valence-corrected chi connectivity index (χ2v) is 5.45. The molecule has 0 bridgehead atoms. The van der Waals surface area contributed by atoms with Gasteiger partial charge in [0.1, 0.15) is 12.9 Å². The molecule has 1 aromatic rings. The number of amides is 2. The van der Waals surface area contributed by atoms with Gasteiger partial charge in [-0.1, -0.05) is 43.3 Å². The summed E-state index contributed by atoms with van der Waals surface area (Å²) >= 11 is 0. The molecular weight excluding hydrogens is 282 g/mol. The van der Waals surface area contributed by atoms with E-state index in [1.807, 2.05) is 30.3 Å². The van der Waals surface area contributed by atoms with Crippen LogP contribution in [0.2, 0.25) is 0 Å². The fourth-order valence-corrected chi connectivity index (χ4v) is 2.49. The van der Waals surface area contributed by atoms with Gasteiger partial charge in [-0.25, -0.2) is 9.69 Å². The molecule has 1 aromatic carbocycles. The molecule has 2 amide bonds. The lowest BCUT2D eigenvalue weighted by atomic mass is 10.0. The first-order valence-corrected chi connectivity index (χ1v) is 7.20. The van der Waals surface area contributed by atoms with Crippen LogP contribution in [0.3, 0.4) is 0 Å². The fraction of sp³-hybridized carbons (Fsp3) is 0.353. The van der Waals surface area contributed by atoms with Crippen molar-refractivity contribution in [3.63, 3.8) is 0 Å². The second kappa shape index (κ2) is 7.02. The lowest BCUT2D eigenvalue weighted by Gasteiger charge is -2.22. The average molecular weight is 301 g/mol. The van der Waals surface area contributed by atoms with E-state index in [1.54, 1.807) is 19.9 Å². The highest BCUT2D eigenvalue weighted by Crippen LogP contribution is 2.20. The Morgan fingerprint density at radius 1 is 1.41 bits per heavy atom. The van der Waals surface area contributed by atoms with Crippen LogP contribution in [-0.2, 0) is 20.7 Å². The molecule has 2 atom stereocenters. The third kappa shape index (κ3) is 3.61. The van der Waals surface area contributed by atoms with Crippen LogP contribution < -0.4 is 0 Å². The van der Waals surface area contributed by atoms with E-state index in [2.05, 4.69) is 0 Å². The quantitative estimate of drug-likeness (QED) is 0.618. The summed E-state index contributed by atoms with van der Waals surface area (Å²) in [5.41, 5.74) is 1.50. The molecule has 1 aliphatic heterocycles. The van der Waals surface area contributed by atoms with Crippen LogP contribution in [0.5, 0.6) is 0 Å². The molecule has 5 nitrogen and oxygen atoms in total. The molecule has 2 rings (SSSR count). The van der Waals surface area contributed by atoms with Crippen molar-refractivity contribution >= 4 is 18.3 Å². The Balaban J connectivity index is 2.14. The van der Waals surface area contributed by atoms with E-state index in [4.69, 9.17) is 4.74 Å². The first-order valence-electron chi connectivity index (χ1n) is 7.20. The molecule has 22 heavy (non-hydrogen) atoms. The number of ether oxygens (including phenoxy) is 1. The Bertz CT molecular complexity index is 594. The molecule has 116 valence electrons. The maximum Gasteiger partial charge on any atom is 0.417 e. The van der Waals surface area contributed by atoms with E-state index >= 15 is 0 Å². The molecule has 0 aromatic heterocycles. The van der Waals surface area contributed by atoms with Crippen molar-refractivity contribution in [3.8, 4) is 0 Å². The minimum absolute atomic E-state index is 0.197. The van der Waals surface area contributed by atoms with Gasteiger partial charge in [-0.2, -0.15) is 0 Å². The SMILES string of the molecule is C/C(C=O)=C\[C@H](C)C(=O)N1C(=O)OC[C@@H]1Cc1ccccc1. The van der Waals surface area contributed by atoms with Crippen LogP contribution in [0.4, 0.5) is 4.79 Å². The highest BCUT2D eigenvalue weighted by molar-refractivity contribution is 5.95. The maximum atomic E-state index is 12.5. The van der Waals surface area contributed by atoms with E-state index in [0.29, 0.717) is 18.3 Å². The van der Waals surface area contributed by atoms with Crippen LogP contribution in [-0.4, -0.2) is 35.8 Å². The standard InChI is InChI=1S/C17H19NO4/c1-12(10-19)8-13(2)16(20)18-15(11-22-17(18)21)9-14-6-4-3-5-7-14/h3-8,10,13,15H,9,11H2,1-2H3/b12-8+/t13-,15-/m0/s1. The predicted molar refractivity (Wildman–Crippen MR) is 81.1 cm³/mol. The number of cyclic esters (lactones) is 1. The van der Waals surface area contributed by atoms with Gasteiger partial charge in [0.25, 0.3) is 0 Å². The predicted octanol–water partition coefficient (Wildman–Crippen LogP) is 2.36. The molecule has 5 heteroatoms. The van der Waals surface area contributed by atoms with Crippen molar-refractivity contribution in [2.24, 2.45) is 5.92 Å². The van der Waals surface area contributed by atoms with Gasteiger partial charge < -0.3 is 4.74 Å². The van der Waals surface area contributed by atoms with Gasteiger partial charge in [-0.15, -0.1) is 0 Å². The molecular formula is C17H19NO4. The zero-order chi connectivity index (χ0) is 16.1. The molecule has 0 aliphatic carbocycles. The zero-order valence-electron chi connectivity index (χ0n) is 12.7. The third-order valence-corrected chi connectivity index (χ3v) is 3.60. The smallest absolute Gasteiger partial charge is 0.417 e. The number of nitrogens with zero attached hydrogens (tertiary/aromatic N) is 1. The highest BCUT2D eigenvalue weighted by Gasteiger charge is 2.39. The highest BCUT2D eigenvalue weighted by atomic mass is 16.6. The number of benzene rings is 1. The zero-order valence-corrected chi connectivity index (χ0v) is 12.7. The van der Waals surface area contributed by atoms with Crippen molar-refractivity contribution in [1.29, 1.82) is 0 Å². The van der Waals surface area contributed by atoms with Crippen molar-refractivity contribution in [3.05, 3.63) is 47.5 Å². The van der Waals surface area contributed by atoms with Crippen molar-refractivity contribution in [2.45, 2.75) is 26.3 Å². The molecule has 0 N–H and O–H groups in total. The summed E-state index contributed by atoms with van der Waals surface area (Å²) < 4.78 is 5.03. The van der Waals surface area contributed by atoms with Crippen molar-refractivity contribution in [2.75, 3.05) is 6.61 Å². The number of hydrogen-bond acceptors (Lipinski definition) is 4. The largest absolute Gasteiger partial charge is 0.447 e. The van der Waals surface area contributed by atoms with Gasteiger partial charge in [-0.05, 0) is 24.5 Å². The number of hydrogen-bond donors (Lipinski definition) is 0. The molecule has 0 spiro atoms. The Kier molecular flexibility index (Phi) is 5.09. The summed E-state index contributed by atoms with van der Waals surface area (Å²) in [7, 11) is 0. The topological polar surface area (TPSA) is 63.7 Å². The summed E-state index contributed by atoms with van der Waals surface area (Å²) in [6.07, 6.45) is 2.19. The van der Waals surface area contributed by atoms with Gasteiger partial charge in [0.05, 0.1) is 12.0 Å². The lowest BCUT2D eigenvalue weighted by molar-refractivity contribution is -0.131. The fourth-order valence-electron chi connectivity index (χ4n) is 2.49. The van der Waals surface area contributed by atoms with E-state index in [1.165, 1.54) is 4.90 Å². The Labute approximate surface area is 129 Å². The number of carbonyl (C=O) groups excluding carboxylic acids is 3. The number of imide groups is 1. The van der Waals surface area contributed by atoms with Crippen LogP contribution in [0.15, 0.2) is 42.0 Å². The molecule has 1 aliphatic rings. The Morgan fingerprint density at radius 3 is 2.73 bits per heavy atom. The summed E-state index contributed by atoms with van der Waals surface area (Å²) in [4.78, 5) is 36.2. The minimum Gasteiger partial charge on any atom is -0.447 e.